The lowest BCUT2D eigenvalue weighted by Crippen LogP contribution is -2.25. The molecule has 6 aromatic rings. The van der Waals surface area contributed by atoms with E-state index in [1.807, 2.05) is 43.4 Å². The first-order chi connectivity index (χ1) is 21.2. The van der Waals surface area contributed by atoms with Crippen molar-refractivity contribution < 1.29 is 22.0 Å². The molecular formula is C33H30FN5O4S. The van der Waals surface area contributed by atoms with Crippen LogP contribution in [0, 0.1) is 5.82 Å². The minimum absolute atomic E-state index is 0.337. The fourth-order valence-electron chi connectivity index (χ4n) is 5.90. The van der Waals surface area contributed by atoms with Crippen molar-refractivity contribution in [3.8, 4) is 39.7 Å². The minimum Gasteiger partial charge on any atom is -0.470 e. The number of pyridine rings is 1. The smallest absolute Gasteiger partial charge is 0.232 e. The molecule has 0 fully saturated rings. The van der Waals surface area contributed by atoms with Gasteiger partial charge in [0.2, 0.25) is 10.0 Å². The number of hydrogen-bond donors (Lipinski definition) is 2. The summed E-state index contributed by atoms with van der Waals surface area (Å²) in [6, 6.07) is 21.5. The standard InChI is InChI=1S/C33H30FN5O4S/c1-36-17-25-23-13-24(28(38(2)44(3,40)41)15-31(23)43-33(25)19-7-9-21(34)10-8-19)26-11-12-30-32(37-26)29-14-22-20(16-35)5-4-6-27(22)39(29)18-42-30/h4-15,36H,16-18,35H2,1-3H3. The van der Waals surface area contributed by atoms with E-state index in [9.17, 15) is 12.8 Å². The molecule has 224 valence electrons. The molecule has 3 aromatic carbocycles. The van der Waals surface area contributed by atoms with E-state index < -0.39 is 10.0 Å². The lowest BCUT2D eigenvalue weighted by atomic mass is 10.0. The quantitative estimate of drug-likeness (QED) is 0.233. The summed E-state index contributed by atoms with van der Waals surface area (Å²) in [6.45, 7) is 1.21. The largest absolute Gasteiger partial charge is 0.470 e. The Morgan fingerprint density at radius 2 is 1.86 bits per heavy atom. The maximum atomic E-state index is 13.7. The van der Waals surface area contributed by atoms with Gasteiger partial charge in [-0.1, -0.05) is 12.1 Å². The molecule has 7 rings (SSSR count). The third-order valence-electron chi connectivity index (χ3n) is 8.19. The molecule has 0 unspecified atom stereocenters. The number of fused-ring (bicyclic) bond motifs is 6. The summed E-state index contributed by atoms with van der Waals surface area (Å²) in [4.78, 5) is 5.07. The van der Waals surface area contributed by atoms with Crippen LogP contribution < -0.4 is 20.1 Å². The zero-order chi connectivity index (χ0) is 30.7. The number of furan rings is 1. The van der Waals surface area contributed by atoms with Crippen molar-refractivity contribution in [2.24, 2.45) is 5.73 Å². The average Bonchev–Trinajstić information content (AvgIpc) is 3.58. The van der Waals surface area contributed by atoms with E-state index in [1.165, 1.54) is 23.5 Å². The van der Waals surface area contributed by atoms with Crippen LogP contribution in [0.4, 0.5) is 10.1 Å². The van der Waals surface area contributed by atoms with Crippen LogP contribution >= 0.6 is 0 Å². The fourth-order valence-corrected chi connectivity index (χ4v) is 6.41. The van der Waals surface area contributed by atoms with Gasteiger partial charge in [-0.2, -0.15) is 0 Å². The van der Waals surface area contributed by atoms with Crippen LogP contribution in [-0.4, -0.2) is 38.3 Å². The van der Waals surface area contributed by atoms with Crippen molar-refractivity contribution in [2.45, 2.75) is 19.8 Å². The van der Waals surface area contributed by atoms with Crippen molar-refractivity contribution in [3.05, 3.63) is 89.7 Å². The highest BCUT2D eigenvalue weighted by atomic mass is 32.2. The molecule has 1 aliphatic heterocycles. The van der Waals surface area contributed by atoms with Crippen molar-refractivity contribution in [1.29, 1.82) is 0 Å². The van der Waals surface area contributed by atoms with Crippen molar-refractivity contribution in [3.63, 3.8) is 0 Å². The van der Waals surface area contributed by atoms with Gasteiger partial charge in [0.15, 0.2) is 6.73 Å². The highest BCUT2D eigenvalue weighted by Gasteiger charge is 2.26. The second-order valence-corrected chi connectivity index (χ2v) is 12.9. The maximum Gasteiger partial charge on any atom is 0.232 e. The van der Waals surface area contributed by atoms with Gasteiger partial charge in [0.25, 0.3) is 0 Å². The van der Waals surface area contributed by atoms with Crippen LogP contribution in [0.5, 0.6) is 5.75 Å². The van der Waals surface area contributed by atoms with Crippen LogP contribution in [0.25, 0.3) is 55.8 Å². The van der Waals surface area contributed by atoms with Crippen LogP contribution in [0.15, 0.2) is 77.2 Å². The number of benzene rings is 3. The van der Waals surface area contributed by atoms with Gasteiger partial charge in [-0.3, -0.25) is 4.31 Å². The fraction of sp³-hybridized carbons (Fsp3) is 0.182. The lowest BCUT2D eigenvalue weighted by Gasteiger charge is -2.23. The Kier molecular flexibility index (Phi) is 6.69. The minimum atomic E-state index is -3.65. The first kappa shape index (κ1) is 28.1. The molecule has 1 aliphatic rings. The molecular weight excluding hydrogens is 581 g/mol. The van der Waals surface area contributed by atoms with Crippen molar-refractivity contribution in [1.82, 2.24) is 14.9 Å². The molecule has 0 bridgehead atoms. The van der Waals surface area contributed by atoms with Gasteiger partial charge >= 0.3 is 0 Å². The average molecular weight is 612 g/mol. The molecule has 0 atom stereocenters. The van der Waals surface area contributed by atoms with Gasteiger partial charge in [0.1, 0.15) is 28.6 Å². The zero-order valence-corrected chi connectivity index (χ0v) is 25.2. The van der Waals surface area contributed by atoms with E-state index >= 15 is 0 Å². The zero-order valence-electron chi connectivity index (χ0n) is 24.4. The Bertz CT molecular complexity index is 2190. The summed E-state index contributed by atoms with van der Waals surface area (Å²) in [5.74, 6) is 0.863. The highest BCUT2D eigenvalue weighted by molar-refractivity contribution is 7.92. The molecule has 11 heteroatoms. The molecule has 0 spiro atoms. The van der Waals surface area contributed by atoms with Gasteiger partial charge < -0.3 is 24.8 Å². The van der Waals surface area contributed by atoms with E-state index in [4.69, 9.17) is 19.9 Å². The number of nitrogens with two attached hydrogens (primary N) is 1. The Morgan fingerprint density at radius 1 is 1.07 bits per heavy atom. The molecule has 3 aromatic heterocycles. The second-order valence-electron chi connectivity index (χ2n) is 10.9. The molecule has 0 saturated heterocycles. The summed E-state index contributed by atoms with van der Waals surface area (Å²) in [5, 5.41) is 5.02. The van der Waals surface area contributed by atoms with E-state index in [2.05, 4.69) is 16.0 Å². The van der Waals surface area contributed by atoms with Crippen LogP contribution in [-0.2, 0) is 29.8 Å². The SMILES string of the molecule is CNCc1c(-c2ccc(F)cc2)oc2cc(N(C)S(C)(=O)=O)c(-c3ccc4c(n3)-c3cc5c(CN)cccc5n3CO4)cc12. The van der Waals surface area contributed by atoms with Gasteiger partial charge in [-0.15, -0.1) is 0 Å². The Balaban J connectivity index is 1.47. The Morgan fingerprint density at radius 3 is 2.59 bits per heavy atom. The van der Waals surface area contributed by atoms with E-state index in [1.54, 1.807) is 18.2 Å². The highest BCUT2D eigenvalue weighted by Crippen LogP contribution is 2.43. The number of ether oxygens (including phenoxy) is 1. The predicted octanol–water partition coefficient (Wildman–Crippen LogP) is 5.85. The molecule has 9 nitrogen and oxygen atoms in total. The first-order valence-corrected chi connectivity index (χ1v) is 15.9. The number of hydrogen-bond acceptors (Lipinski definition) is 7. The van der Waals surface area contributed by atoms with E-state index in [0.29, 0.717) is 65.1 Å². The van der Waals surface area contributed by atoms with E-state index in [-0.39, 0.29) is 5.82 Å². The Labute approximate surface area is 253 Å². The molecule has 0 saturated carbocycles. The normalized spacial score (nSPS) is 12.8. The number of anilines is 1. The van der Waals surface area contributed by atoms with Gasteiger partial charge in [0.05, 0.1) is 28.8 Å². The third-order valence-corrected chi connectivity index (χ3v) is 9.38. The van der Waals surface area contributed by atoms with Crippen LogP contribution in [0.3, 0.4) is 0 Å². The number of nitrogens with one attached hydrogen (secondary N) is 1. The first-order valence-electron chi connectivity index (χ1n) is 14.1. The Hall–Kier alpha value is -4.71. The number of nitrogens with zero attached hydrogens (tertiary/aromatic N) is 3. The van der Waals surface area contributed by atoms with Crippen LogP contribution in [0.1, 0.15) is 11.1 Å². The van der Waals surface area contributed by atoms with Gasteiger partial charge in [-0.25, -0.2) is 17.8 Å². The van der Waals surface area contributed by atoms with Crippen molar-refractivity contribution >= 4 is 37.6 Å². The molecule has 3 N–H and O–H groups in total. The summed E-state index contributed by atoms with van der Waals surface area (Å²) in [5.41, 5.74) is 13.3. The number of halogens is 1. The lowest BCUT2D eigenvalue weighted by molar-refractivity contribution is 0.234. The molecule has 0 amide bonds. The van der Waals surface area contributed by atoms with Crippen molar-refractivity contribution in [2.75, 3.05) is 24.7 Å². The van der Waals surface area contributed by atoms with Crippen LogP contribution in [0.2, 0.25) is 0 Å². The monoisotopic (exact) mass is 611 g/mol. The second kappa shape index (κ2) is 10.5. The van der Waals surface area contributed by atoms with E-state index in [0.717, 1.165) is 39.4 Å². The number of sulfonamides is 1. The number of aromatic nitrogens is 2. The van der Waals surface area contributed by atoms with Gasteiger partial charge in [0, 0.05) is 53.7 Å². The molecule has 44 heavy (non-hydrogen) atoms. The predicted molar refractivity (Wildman–Crippen MR) is 170 cm³/mol. The summed E-state index contributed by atoms with van der Waals surface area (Å²) < 4.78 is 55.1. The number of rotatable bonds is 7. The topological polar surface area (TPSA) is 116 Å². The van der Waals surface area contributed by atoms with Gasteiger partial charge in [-0.05, 0) is 67.2 Å². The third kappa shape index (κ3) is 4.52. The molecule has 0 aliphatic carbocycles. The summed E-state index contributed by atoms with van der Waals surface area (Å²) in [6.07, 6.45) is 1.15. The maximum absolute atomic E-state index is 13.7. The molecule has 0 radical (unpaired) electrons. The summed E-state index contributed by atoms with van der Waals surface area (Å²) in [7, 11) is -0.308. The molecule has 4 heterocycles. The summed E-state index contributed by atoms with van der Waals surface area (Å²) >= 11 is 0.